The average Bonchev–Trinajstić information content (AvgIpc) is 3.02. The molecule has 1 aromatic carbocycles. The van der Waals surface area contributed by atoms with E-state index in [2.05, 4.69) is 10.4 Å². The molecule has 1 unspecified atom stereocenters. The van der Waals surface area contributed by atoms with Crippen LogP contribution >= 0.6 is 0 Å². The van der Waals surface area contributed by atoms with Gasteiger partial charge in [0.2, 0.25) is 5.91 Å². The second kappa shape index (κ2) is 6.90. The molecule has 1 atom stereocenters. The number of hydrogen-bond donors (Lipinski definition) is 2. The number of nitrogens with zero attached hydrogens (tertiary/aromatic N) is 3. The molecule has 1 aromatic heterocycles. The normalized spacial score (nSPS) is 13.0. The molecule has 0 spiro atoms. The van der Waals surface area contributed by atoms with Gasteiger partial charge in [-0.25, -0.2) is 4.79 Å². The highest BCUT2D eigenvalue weighted by molar-refractivity contribution is 5.88. The summed E-state index contributed by atoms with van der Waals surface area (Å²) in [5, 5.41) is 26.4. The summed E-state index contributed by atoms with van der Waals surface area (Å²) in [7, 11) is 0. The van der Waals surface area contributed by atoms with Gasteiger partial charge in [0.25, 0.3) is 0 Å². The van der Waals surface area contributed by atoms with Gasteiger partial charge in [0, 0.05) is 0 Å². The van der Waals surface area contributed by atoms with E-state index in [1.807, 2.05) is 0 Å². The van der Waals surface area contributed by atoms with Gasteiger partial charge in [-0.05, 0) is 16.9 Å². The van der Waals surface area contributed by atoms with Crippen molar-refractivity contribution < 1.29 is 19.6 Å². The second-order valence-corrected chi connectivity index (χ2v) is 5.11. The average molecular weight is 332 g/mol. The SMILES string of the molecule is CCC(NC(=O)Cn1ccc([N+](=O)[O-])n1)(C(=O)O)c1ccccc1. The van der Waals surface area contributed by atoms with Gasteiger partial charge in [0.05, 0.1) is 17.4 Å². The van der Waals surface area contributed by atoms with Crippen LogP contribution in [0.15, 0.2) is 42.6 Å². The molecule has 0 aliphatic rings. The molecule has 2 N–H and O–H groups in total. The Morgan fingerprint density at radius 3 is 2.50 bits per heavy atom. The van der Waals surface area contributed by atoms with E-state index in [4.69, 9.17) is 0 Å². The van der Waals surface area contributed by atoms with Gasteiger partial charge in [0.15, 0.2) is 5.54 Å². The van der Waals surface area contributed by atoms with Crippen LogP contribution < -0.4 is 5.32 Å². The summed E-state index contributed by atoms with van der Waals surface area (Å²) >= 11 is 0. The summed E-state index contributed by atoms with van der Waals surface area (Å²) in [5.74, 6) is -2.18. The summed E-state index contributed by atoms with van der Waals surface area (Å²) < 4.78 is 1.08. The van der Waals surface area contributed by atoms with E-state index in [0.29, 0.717) is 5.56 Å². The fourth-order valence-electron chi connectivity index (χ4n) is 2.38. The molecule has 126 valence electrons. The number of carboxylic acids is 1. The number of carbonyl (C=O) groups is 2. The zero-order valence-electron chi connectivity index (χ0n) is 12.9. The predicted molar refractivity (Wildman–Crippen MR) is 83.1 cm³/mol. The molecule has 1 heterocycles. The Morgan fingerprint density at radius 2 is 2.00 bits per heavy atom. The highest BCUT2D eigenvalue weighted by Crippen LogP contribution is 2.25. The molecule has 24 heavy (non-hydrogen) atoms. The number of aliphatic carboxylic acids is 1. The highest BCUT2D eigenvalue weighted by Gasteiger charge is 2.40. The standard InChI is InChI=1S/C15H16N4O5/c1-2-15(14(21)22,11-6-4-3-5-7-11)16-13(20)10-18-9-8-12(17-18)19(23)24/h3-9H,2,10H2,1H3,(H,16,20)(H,21,22). The van der Waals surface area contributed by atoms with E-state index in [0.717, 1.165) is 10.7 Å². The third kappa shape index (κ3) is 3.40. The maximum atomic E-state index is 12.2. The first kappa shape index (κ1) is 17.1. The van der Waals surface area contributed by atoms with E-state index in [1.54, 1.807) is 37.3 Å². The van der Waals surface area contributed by atoms with Crippen molar-refractivity contribution >= 4 is 17.7 Å². The minimum absolute atomic E-state index is 0.136. The van der Waals surface area contributed by atoms with Crippen molar-refractivity contribution in [2.24, 2.45) is 0 Å². The zero-order chi connectivity index (χ0) is 17.7. The highest BCUT2D eigenvalue weighted by atomic mass is 16.6. The molecule has 0 saturated carbocycles. The predicted octanol–water partition coefficient (Wildman–Crippen LogP) is 1.30. The lowest BCUT2D eigenvalue weighted by Gasteiger charge is -2.29. The maximum absolute atomic E-state index is 12.2. The smallest absolute Gasteiger partial charge is 0.389 e. The molecule has 2 rings (SSSR count). The largest absolute Gasteiger partial charge is 0.479 e. The molecular formula is C15H16N4O5. The Labute approximate surface area is 137 Å². The molecular weight excluding hydrogens is 316 g/mol. The fourth-order valence-corrected chi connectivity index (χ4v) is 2.38. The number of carbonyl (C=O) groups excluding carboxylic acids is 1. The van der Waals surface area contributed by atoms with Gasteiger partial charge < -0.3 is 20.5 Å². The number of benzene rings is 1. The molecule has 0 aliphatic heterocycles. The lowest BCUT2D eigenvalue weighted by atomic mass is 9.87. The molecule has 2 aromatic rings. The van der Waals surface area contributed by atoms with E-state index in [-0.39, 0.29) is 18.8 Å². The zero-order valence-corrected chi connectivity index (χ0v) is 12.9. The third-order valence-electron chi connectivity index (χ3n) is 3.63. The van der Waals surface area contributed by atoms with Gasteiger partial charge in [-0.1, -0.05) is 37.3 Å². The maximum Gasteiger partial charge on any atom is 0.389 e. The number of amides is 1. The Balaban J connectivity index is 2.21. The van der Waals surface area contributed by atoms with E-state index in [1.165, 1.54) is 6.20 Å². The van der Waals surface area contributed by atoms with Crippen molar-refractivity contribution in [1.82, 2.24) is 15.1 Å². The monoisotopic (exact) mass is 332 g/mol. The van der Waals surface area contributed by atoms with Crippen LogP contribution in [0.5, 0.6) is 0 Å². The van der Waals surface area contributed by atoms with Crippen molar-refractivity contribution in [1.29, 1.82) is 0 Å². The Morgan fingerprint density at radius 1 is 1.33 bits per heavy atom. The van der Waals surface area contributed by atoms with Crippen molar-refractivity contribution in [3.63, 3.8) is 0 Å². The number of rotatable bonds is 7. The summed E-state index contributed by atoms with van der Waals surface area (Å²) in [6.45, 7) is 1.33. The molecule has 0 fully saturated rings. The minimum Gasteiger partial charge on any atom is -0.479 e. The van der Waals surface area contributed by atoms with Gasteiger partial charge >= 0.3 is 11.8 Å². The quantitative estimate of drug-likeness (QED) is 0.581. The number of nitro groups is 1. The van der Waals surface area contributed by atoms with Crippen molar-refractivity contribution in [3.8, 4) is 0 Å². The first-order chi connectivity index (χ1) is 11.4. The summed E-state index contributed by atoms with van der Waals surface area (Å²) in [5.41, 5.74) is -1.13. The fraction of sp³-hybridized carbons (Fsp3) is 0.267. The summed E-state index contributed by atoms with van der Waals surface area (Å²) in [6.07, 6.45) is 1.42. The molecule has 9 nitrogen and oxygen atoms in total. The first-order valence-electron chi connectivity index (χ1n) is 7.17. The van der Waals surface area contributed by atoms with E-state index >= 15 is 0 Å². The number of aromatic nitrogens is 2. The summed E-state index contributed by atoms with van der Waals surface area (Å²) in [6, 6.07) is 9.52. The Hall–Kier alpha value is -3.23. The molecule has 0 saturated heterocycles. The lowest BCUT2D eigenvalue weighted by molar-refractivity contribution is -0.389. The molecule has 0 aliphatic carbocycles. The van der Waals surface area contributed by atoms with Crippen LogP contribution in [-0.4, -0.2) is 31.7 Å². The van der Waals surface area contributed by atoms with Crippen molar-refractivity contribution in [2.75, 3.05) is 0 Å². The van der Waals surface area contributed by atoms with Crippen LogP contribution in [0.4, 0.5) is 5.82 Å². The van der Waals surface area contributed by atoms with Gasteiger partial charge in [0.1, 0.15) is 6.54 Å². The third-order valence-corrected chi connectivity index (χ3v) is 3.63. The molecule has 9 heteroatoms. The molecule has 0 bridgehead atoms. The lowest BCUT2D eigenvalue weighted by Crippen LogP contribution is -2.52. The van der Waals surface area contributed by atoms with Crippen LogP contribution in [0.1, 0.15) is 18.9 Å². The summed E-state index contributed by atoms with van der Waals surface area (Å²) in [4.78, 5) is 34.0. The number of carboxylic acid groups (broad SMARTS) is 1. The van der Waals surface area contributed by atoms with Crippen LogP contribution in [0.3, 0.4) is 0 Å². The van der Waals surface area contributed by atoms with Crippen LogP contribution in [0, 0.1) is 10.1 Å². The van der Waals surface area contributed by atoms with Gasteiger partial charge in [-0.15, -0.1) is 0 Å². The number of nitrogens with one attached hydrogen (secondary N) is 1. The number of hydrogen-bond acceptors (Lipinski definition) is 5. The van der Waals surface area contributed by atoms with Crippen LogP contribution in [-0.2, 0) is 21.7 Å². The Kier molecular flexibility index (Phi) is 4.93. The van der Waals surface area contributed by atoms with Gasteiger partial charge in [-0.2, -0.15) is 4.68 Å². The van der Waals surface area contributed by atoms with E-state index < -0.39 is 22.3 Å². The molecule has 1 amide bonds. The van der Waals surface area contributed by atoms with Crippen molar-refractivity contribution in [3.05, 3.63) is 58.3 Å². The van der Waals surface area contributed by atoms with Gasteiger partial charge in [-0.3, -0.25) is 4.79 Å². The minimum atomic E-state index is -1.57. The van der Waals surface area contributed by atoms with E-state index in [9.17, 15) is 24.8 Å². The van der Waals surface area contributed by atoms with Crippen LogP contribution in [0.25, 0.3) is 0 Å². The Bertz CT molecular complexity index is 758. The second-order valence-electron chi connectivity index (χ2n) is 5.11. The van der Waals surface area contributed by atoms with Crippen LogP contribution in [0.2, 0.25) is 0 Å². The van der Waals surface area contributed by atoms with Crippen molar-refractivity contribution in [2.45, 2.75) is 25.4 Å². The first-order valence-corrected chi connectivity index (χ1v) is 7.17. The molecule has 0 radical (unpaired) electrons. The topological polar surface area (TPSA) is 127 Å².